The van der Waals surface area contributed by atoms with Crippen molar-refractivity contribution >= 4 is 22.3 Å². The van der Waals surface area contributed by atoms with Gasteiger partial charge in [-0.25, -0.2) is 14.1 Å². The van der Waals surface area contributed by atoms with Gasteiger partial charge in [0, 0.05) is 6.42 Å². The number of rotatable bonds is 7. The molecule has 0 unspecified atom stereocenters. The lowest BCUT2D eigenvalue weighted by molar-refractivity contribution is -0.681. The highest BCUT2D eigenvalue weighted by Gasteiger charge is 2.25. The van der Waals surface area contributed by atoms with Crippen LogP contribution in [0.2, 0.25) is 0 Å². The number of imidazole rings is 1. The third kappa shape index (κ3) is 3.39. The summed E-state index contributed by atoms with van der Waals surface area (Å²) in [5.41, 5.74) is 4.07. The number of para-hydroxylation sites is 2. The third-order valence-electron chi connectivity index (χ3n) is 4.46. The summed E-state index contributed by atoms with van der Waals surface area (Å²) in [5, 5.41) is 0. The van der Waals surface area contributed by atoms with E-state index in [9.17, 15) is 0 Å². The first-order valence-electron chi connectivity index (χ1n) is 8.97. The molecule has 0 saturated heterocycles. The zero-order valence-corrected chi connectivity index (χ0v) is 15.7. The second kappa shape index (κ2) is 8.43. The van der Waals surface area contributed by atoms with Crippen LogP contribution in [0.25, 0.3) is 22.3 Å². The van der Waals surface area contributed by atoms with E-state index in [4.69, 9.17) is 9.97 Å². The number of aromatic nitrogens is 4. The maximum absolute atomic E-state index is 4.95. The Labute approximate surface area is 150 Å². The first-order chi connectivity index (χ1) is 11.3. The SMILES string of the molecule is CCCCn1c(CC)[n+](CCCC)c2nc3ccccc3nc21.[Cl-]. The number of unbranched alkanes of at least 4 members (excludes halogenated alkanes) is 2. The number of hydrogen-bond donors (Lipinski definition) is 0. The van der Waals surface area contributed by atoms with Gasteiger partial charge in [0.1, 0.15) is 5.52 Å². The van der Waals surface area contributed by atoms with Crippen molar-refractivity contribution in [3.63, 3.8) is 0 Å². The first kappa shape index (κ1) is 18.7. The van der Waals surface area contributed by atoms with E-state index in [1.165, 1.54) is 31.5 Å². The molecule has 0 aliphatic heterocycles. The fraction of sp³-hybridized carbons (Fsp3) is 0.526. The van der Waals surface area contributed by atoms with Gasteiger partial charge in [-0.3, -0.25) is 0 Å². The standard InChI is InChI=1S/C19H27N4.ClH/c1-4-7-13-22-17(6-3)23(14-8-5-2)19-18(22)20-15-11-9-10-12-16(15)21-19;/h9-12H,4-8,13-14H2,1-3H3;1H/q+1;/p-1. The first-order valence-corrected chi connectivity index (χ1v) is 8.97. The van der Waals surface area contributed by atoms with Crippen molar-refractivity contribution in [1.82, 2.24) is 14.5 Å². The maximum atomic E-state index is 4.95. The summed E-state index contributed by atoms with van der Waals surface area (Å²) in [5.74, 6) is 1.36. The van der Waals surface area contributed by atoms with E-state index in [0.29, 0.717) is 0 Å². The van der Waals surface area contributed by atoms with Crippen molar-refractivity contribution in [2.24, 2.45) is 0 Å². The molecule has 2 heterocycles. The smallest absolute Gasteiger partial charge is 0.322 e. The highest BCUT2D eigenvalue weighted by atomic mass is 35.5. The number of fused-ring (bicyclic) bond motifs is 2. The lowest BCUT2D eigenvalue weighted by atomic mass is 10.3. The van der Waals surface area contributed by atoms with Crippen LogP contribution in [-0.2, 0) is 19.5 Å². The summed E-state index contributed by atoms with van der Waals surface area (Å²) in [4.78, 5) is 9.90. The van der Waals surface area contributed by atoms with Crippen LogP contribution in [0, 0.1) is 0 Å². The van der Waals surface area contributed by atoms with Crippen molar-refractivity contribution in [3.8, 4) is 0 Å². The maximum Gasteiger partial charge on any atom is 0.322 e. The predicted octanol–water partition coefficient (Wildman–Crippen LogP) is 1.04. The molecule has 0 N–H and O–H groups in total. The van der Waals surface area contributed by atoms with Crippen molar-refractivity contribution in [3.05, 3.63) is 30.1 Å². The van der Waals surface area contributed by atoms with E-state index in [2.05, 4.69) is 42.0 Å². The van der Waals surface area contributed by atoms with Crippen molar-refractivity contribution in [2.75, 3.05) is 0 Å². The molecule has 0 radical (unpaired) electrons. The Morgan fingerprint density at radius 1 is 0.958 bits per heavy atom. The predicted molar refractivity (Wildman–Crippen MR) is 94.4 cm³/mol. The Balaban J connectivity index is 0.00000208. The Hall–Kier alpha value is -1.68. The minimum Gasteiger partial charge on any atom is -1.00 e. The zero-order valence-electron chi connectivity index (χ0n) is 14.9. The molecule has 0 amide bonds. The molecule has 0 saturated carbocycles. The molecule has 3 rings (SSSR count). The van der Waals surface area contributed by atoms with Crippen LogP contribution in [-0.4, -0.2) is 14.5 Å². The van der Waals surface area contributed by atoms with Gasteiger partial charge in [0.05, 0.1) is 13.1 Å². The number of nitrogens with zero attached hydrogens (tertiary/aromatic N) is 4. The summed E-state index contributed by atoms with van der Waals surface area (Å²) in [6.45, 7) is 8.77. The van der Waals surface area contributed by atoms with Crippen LogP contribution < -0.4 is 17.0 Å². The molecule has 2 aromatic heterocycles. The highest BCUT2D eigenvalue weighted by Crippen LogP contribution is 2.18. The summed E-state index contributed by atoms with van der Waals surface area (Å²) < 4.78 is 4.79. The minimum absolute atomic E-state index is 0. The molecule has 0 bridgehead atoms. The largest absolute Gasteiger partial charge is 1.00 e. The Kier molecular flexibility index (Phi) is 6.55. The fourth-order valence-electron chi connectivity index (χ4n) is 3.22. The Morgan fingerprint density at radius 3 is 2.25 bits per heavy atom. The number of benzene rings is 1. The van der Waals surface area contributed by atoms with Gasteiger partial charge in [0.2, 0.25) is 5.82 Å². The topological polar surface area (TPSA) is 34.6 Å². The lowest BCUT2D eigenvalue weighted by Gasteiger charge is -2.04. The van der Waals surface area contributed by atoms with E-state index in [0.717, 1.165) is 41.8 Å². The summed E-state index contributed by atoms with van der Waals surface area (Å²) >= 11 is 0. The molecular formula is C19H27ClN4. The van der Waals surface area contributed by atoms with Gasteiger partial charge < -0.3 is 12.4 Å². The molecule has 24 heavy (non-hydrogen) atoms. The Morgan fingerprint density at radius 2 is 1.62 bits per heavy atom. The van der Waals surface area contributed by atoms with Crippen molar-refractivity contribution < 1.29 is 17.0 Å². The molecule has 130 valence electrons. The van der Waals surface area contributed by atoms with E-state index in [1.807, 2.05) is 12.1 Å². The van der Waals surface area contributed by atoms with Crippen LogP contribution in [0.5, 0.6) is 0 Å². The molecular weight excluding hydrogens is 320 g/mol. The third-order valence-corrected chi connectivity index (χ3v) is 4.46. The molecule has 0 aliphatic carbocycles. The van der Waals surface area contributed by atoms with Gasteiger partial charge in [-0.1, -0.05) is 50.7 Å². The molecule has 4 nitrogen and oxygen atoms in total. The van der Waals surface area contributed by atoms with E-state index in [-0.39, 0.29) is 12.4 Å². The van der Waals surface area contributed by atoms with Gasteiger partial charge in [0.25, 0.3) is 5.65 Å². The molecule has 0 fully saturated rings. The van der Waals surface area contributed by atoms with E-state index >= 15 is 0 Å². The van der Waals surface area contributed by atoms with Gasteiger partial charge >= 0.3 is 5.65 Å². The van der Waals surface area contributed by atoms with Crippen LogP contribution in [0.15, 0.2) is 24.3 Å². The van der Waals surface area contributed by atoms with E-state index < -0.39 is 0 Å². The Bertz CT molecular complexity index is 745. The van der Waals surface area contributed by atoms with Crippen molar-refractivity contribution in [1.29, 1.82) is 0 Å². The molecule has 3 aromatic rings. The normalized spacial score (nSPS) is 11.1. The average molecular weight is 347 g/mol. The van der Waals surface area contributed by atoms with Gasteiger partial charge in [-0.2, -0.15) is 0 Å². The zero-order chi connectivity index (χ0) is 16.2. The highest BCUT2D eigenvalue weighted by molar-refractivity contribution is 5.81. The molecule has 0 spiro atoms. The van der Waals surface area contributed by atoms with Crippen LogP contribution in [0.3, 0.4) is 0 Å². The van der Waals surface area contributed by atoms with Crippen LogP contribution in [0.1, 0.15) is 52.3 Å². The van der Waals surface area contributed by atoms with Gasteiger partial charge in [-0.15, -0.1) is 0 Å². The summed E-state index contributed by atoms with van der Waals surface area (Å²) in [7, 11) is 0. The fourth-order valence-corrected chi connectivity index (χ4v) is 3.22. The van der Waals surface area contributed by atoms with Gasteiger partial charge in [0.15, 0.2) is 5.52 Å². The number of hydrogen-bond acceptors (Lipinski definition) is 2. The van der Waals surface area contributed by atoms with Crippen molar-refractivity contribution in [2.45, 2.75) is 66.0 Å². The second-order valence-electron chi connectivity index (χ2n) is 6.14. The number of halogens is 1. The summed E-state index contributed by atoms with van der Waals surface area (Å²) in [6.07, 6.45) is 5.76. The van der Waals surface area contributed by atoms with Crippen LogP contribution in [0.4, 0.5) is 0 Å². The molecule has 5 heteroatoms. The summed E-state index contributed by atoms with van der Waals surface area (Å²) in [6, 6.07) is 8.18. The number of aryl methyl sites for hydroxylation is 2. The molecule has 1 aromatic carbocycles. The average Bonchev–Trinajstić information content (AvgIpc) is 2.87. The monoisotopic (exact) mass is 346 g/mol. The lowest BCUT2D eigenvalue weighted by Crippen LogP contribution is -3.00. The van der Waals surface area contributed by atoms with E-state index in [1.54, 1.807) is 0 Å². The minimum atomic E-state index is 0. The van der Waals surface area contributed by atoms with Crippen LogP contribution >= 0.6 is 0 Å². The van der Waals surface area contributed by atoms with Gasteiger partial charge in [-0.05, 0) is 25.0 Å². The molecule has 0 atom stereocenters. The second-order valence-corrected chi connectivity index (χ2v) is 6.14. The molecule has 0 aliphatic rings. The quantitative estimate of drug-likeness (QED) is 0.599.